The molecule has 0 radical (unpaired) electrons. The minimum Gasteiger partial charge on any atom is -0.489 e. The Hall–Kier alpha value is -2.81. The quantitative estimate of drug-likeness (QED) is 0.728. The Balaban J connectivity index is 1.80. The number of aromatic nitrogens is 1. The molecule has 1 heterocycles. The predicted octanol–water partition coefficient (Wildman–Crippen LogP) is 4.03. The first-order valence-electron chi connectivity index (χ1n) is 7.60. The van der Waals surface area contributed by atoms with Crippen molar-refractivity contribution in [3.63, 3.8) is 0 Å². The molecule has 0 unspecified atom stereocenters. The van der Waals surface area contributed by atoms with Crippen molar-refractivity contribution >= 4 is 0 Å². The van der Waals surface area contributed by atoms with E-state index in [1.807, 2.05) is 61.5 Å². The van der Waals surface area contributed by atoms with Crippen molar-refractivity contribution in [2.24, 2.45) is 0 Å². The first-order chi connectivity index (χ1) is 11.1. The van der Waals surface area contributed by atoms with Gasteiger partial charge in [0.1, 0.15) is 12.4 Å². The smallest absolute Gasteiger partial charge is 0.258 e. The average Bonchev–Trinajstić information content (AvgIpc) is 2.57. The van der Waals surface area contributed by atoms with Gasteiger partial charge in [-0.25, -0.2) is 0 Å². The zero-order valence-electron chi connectivity index (χ0n) is 13.3. The molecule has 116 valence electrons. The Morgan fingerprint density at radius 2 is 1.70 bits per heavy atom. The third-order valence-electron chi connectivity index (χ3n) is 3.91. The fourth-order valence-corrected chi connectivity index (χ4v) is 2.38. The summed E-state index contributed by atoms with van der Waals surface area (Å²) in [6, 6.07) is 19.2. The van der Waals surface area contributed by atoms with Crippen LogP contribution in [0.3, 0.4) is 0 Å². The molecule has 3 rings (SSSR count). The molecule has 0 aliphatic rings. The van der Waals surface area contributed by atoms with Crippen LogP contribution in [0.25, 0.3) is 5.69 Å². The molecule has 2 aromatic carbocycles. The number of pyridine rings is 1. The molecule has 0 saturated carbocycles. The Kier molecular flexibility index (Phi) is 4.29. The van der Waals surface area contributed by atoms with E-state index < -0.39 is 0 Å². The number of benzene rings is 2. The summed E-state index contributed by atoms with van der Waals surface area (Å²) >= 11 is 0. The highest BCUT2D eigenvalue weighted by atomic mass is 16.5. The number of ether oxygens (including phenoxy) is 1. The molecule has 0 bridgehead atoms. The first kappa shape index (κ1) is 15.1. The highest BCUT2D eigenvalue weighted by Gasteiger charge is 2.04. The maximum absolute atomic E-state index is 12.3. The number of hydrogen-bond acceptors (Lipinski definition) is 2. The Morgan fingerprint density at radius 1 is 0.913 bits per heavy atom. The second-order valence-electron chi connectivity index (χ2n) is 5.61. The second kappa shape index (κ2) is 6.53. The topological polar surface area (TPSA) is 31.2 Å². The van der Waals surface area contributed by atoms with Gasteiger partial charge >= 0.3 is 0 Å². The van der Waals surface area contributed by atoms with Crippen LogP contribution in [0.15, 0.2) is 71.7 Å². The lowest BCUT2D eigenvalue weighted by Crippen LogP contribution is -2.16. The summed E-state index contributed by atoms with van der Waals surface area (Å²) in [4.78, 5) is 12.3. The van der Waals surface area contributed by atoms with Crippen molar-refractivity contribution in [2.75, 3.05) is 0 Å². The van der Waals surface area contributed by atoms with E-state index in [1.54, 1.807) is 10.8 Å². The maximum Gasteiger partial charge on any atom is 0.258 e. The monoisotopic (exact) mass is 305 g/mol. The van der Waals surface area contributed by atoms with E-state index in [9.17, 15) is 4.79 Å². The largest absolute Gasteiger partial charge is 0.489 e. The van der Waals surface area contributed by atoms with Crippen LogP contribution in [0.5, 0.6) is 5.75 Å². The number of aryl methyl sites for hydroxylation is 2. The molecule has 0 fully saturated rings. The number of nitrogens with zero attached hydrogens (tertiary/aromatic N) is 1. The normalized spacial score (nSPS) is 10.5. The van der Waals surface area contributed by atoms with Crippen LogP contribution in [-0.2, 0) is 6.61 Å². The highest BCUT2D eigenvalue weighted by molar-refractivity contribution is 5.40. The Morgan fingerprint density at radius 3 is 2.39 bits per heavy atom. The summed E-state index contributed by atoms with van der Waals surface area (Å²) in [6.45, 7) is 4.55. The van der Waals surface area contributed by atoms with Crippen molar-refractivity contribution < 1.29 is 4.74 Å². The molecule has 23 heavy (non-hydrogen) atoms. The van der Waals surface area contributed by atoms with Gasteiger partial charge in [0, 0.05) is 18.0 Å². The van der Waals surface area contributed by atoms with E-state index in [1.165, 1.54) is 17.2 Å². The molecule has 0 saturated heterocycles. The molecular weight excluding hydrogens is 286 g/mol. The number of rotatable bonds is 4. The minimum absolute atomic E-state index is 0.0983. The van der Waals surface area contributed by atoms with Gasteiger partial charge < -0.3 is 4.74 Å². The van der Waals surface area contributed by atoms with Gasteiger partial charge in [-0.1, -0.05) is 36.4 Å². The second-order valence-corrected chi connectivity index (χ2v) is 5.61. The van der Waals surface area contributed by atoms with Crippen LogP contribution in [0.4, 0.5) is 0 Å². The Bertz CT molecular complexity index is 866. The Labute approximate surface area is 135 Å². The zero-order valence-corrected chi connectivity index (χ0v) is 13.3. The molecule has 0 atom stereocenters. The molecule has 1 aromatic heterocycles. The lowest BCUT2D eigenvalue weighted by molar-refractivity contribution is 0.305. The van der Waals surface area contributed by atoms with Crippen molar-refractivity contribution in [1.82, 2.24) is 4.57 Å². The van der Waals surface area contributed by atoms with Crippen LogP contribution < -0.4 is 10.3 Å². The van der Waals surface area contributed by atoms with Gasteiger partial charge in [-0.05, 0) is 48.7 Å². The van der Waals surface area contributed by atoms with Crippen LogP contribution in [-0.4, -0.2) is 4.57 Å². The average molecular weight is 305 g/mol. The fraction of sp³-hybridized carbons (Fsp3) is 0.150. The molecule has 3 aromatic rings. The van der Waals surface area contributed by atoms with Gasteiger partial charge in [-0.3, -0.25) is 9.36 Å². The molecule has 3 nitrogen and oxygen atoms in total. The van der Waals surface area contributed by atoms with Gasteiger partial charge in [0.2, 0.25) is 0 Å². The SMILES string of the molecule is Cc1ccc(-n2ccc(OCc3ccccc3)cc2=O)cc1C. The van der Waals surface area contributed by atoms with Crippen LogP contribution >= 0.6 is 0 Å². The van der Waals surface area contributed by atoms with Crippen molar-refractivity contribution in [3.8, 4) is 11.4 Å². The van der Waals surface area contributed by atoms with Crippen LogP contribution in [0.2, 0.25) is 0 Å². The van der Waals surface area contributed by atoms with Crippen molar-refractivity contribution in [2.45, 2.75) is 20.5 Å². The molecule has 3 heteroatoms. The molecule has 0 amide bonds. The third kappa shape index (κ3) is 3.51. The summed E-state index contributed by atoms with van der Waals surface area (Å²) < 4.78 is 7.32. The molecule has 0 N–H and O–H groups in total. The van der Waals surface area contributed by atoms with Gasteiger partial charge in [0.05, 0.1) is 0 Å². The highest BCUT2D eigenvalue weighted by Crippen LogP contribution is 2.15. The fourth-order valence-electron chi connectivity index (χ4n) is 2.38. The van der Waals surface area contributed by atoms with E-state index in [0.717, 1.165) is 11.3 Å². The van der Waals surface area contributed by atoms with E-state index in [0.29, 0.717) is 12.4 Å². The van der Waals surface area contributed by atoms with E-state index >= 15 is 0 Å². The van der Waals surface area contributed by atoms with Crippen LogP contribution in [0, 0.1) is 13.8 Å². The van der Waals surface area contributed by atoms with E-state index in [4.69, 9.17) is 4.74 Å². The predicted molar refractivity (Wildman–Crippen MR) is 92.3 cm³/mol. The van der Waals surface area contributed by atoms with Crippen molar-refractivity contribution in [3.05, 3.63) is 93.9 Å². The standard InChI is InChI=1S/C20H19NO2/c1-15-8-9-18(12-16(15)2)21-11-10-19(13-20(21)22)23-14-17-6-4-3-5-7-17/h3-13H,14H2,1-2H3. The van der Waals surface area contributed by atoms with Gasteiger partial charge in [-0.15, -0.1) is 0 Å². The summed E-state index contributed by atoms with van der Waals surface area (Å²) in [5, 5.41) is 0. The van der Waals surface area contributed by atoms with Crippen LogP contribution in [0.1, 0.15) is 16.7 Å². The van der Waals surface area contributed by atoms with Gasteiger partial charge in [0.15, 0.2) is 0 Å². The lowest BCUT2D eigenvalue weighted by atomic mass is 10.1. The van der Waals surface area contributed by atoms with Gasteiger partial charge in [0.25, 0.3) is 5.56 Å². The third-order valence-corrected chi connectivity index (χ3v) is 3.91. The van der Waals surface area contributed by atoms with Crippen molar-refractivity contribution in [1.29, 1.82) is 0 Å². The lowest BCUT2D eigenvalue weighted by Gasteiger charge is -2.10. The molecule has 0 aliphatic heterocycles. The van der Waals surface area contributed by atoms with Gasteiger partial charge in [-0.2, -0.15) is 0 Å². The molecular formula is C20H19NO2. The number of hydrogen-bond donors (Lipinski definition) is 0. The first-order valence-corrected chi connectivity index (χ1v) is 7.60. The maximum atomic E-state index is 12.3. The summed E-state index contributed by atoms with van der Waals surface area (Å²) in [5.41, 5.74) is 4.22. The minimum atomic E-state index is -0.0983. The summed E-state index contributed by atoms with van der Waals surface area (Å²) in [7, 11) is 0. The van der Waals surface area contributed by atoms with E-state index in [-0.39, 0.29) is 5.56 Å². The summed E-state index contributed by atoms with van der Waals surface area (Å²) in [5.74, 6) is 0.582. The summed E-state index contributed by atoms with van der Waals surface area (Å²) in [6.07, 6.45) is 1.76. The zero-order chi connectivity index (χ0) is 16.2. The molecule has 0 spiro atoms. The van der Waals surface area contributed by atoms with E-state index in [2.05, 4.69) is 6.92 Å². The molecule has 0 aliphatic carbocycles.